The zero-order chi connectivity index (χ0) is 22.9. The van der Waals surface area contributed by atoms with Crippen LogP contribution in [-0.4, -0.2) is 17.7 Å². The molecule has 7 heteroatoms. The number of para-hydroxylation sites is 1. The molecule has 0 atom stereocenters. The Morgan fingerprint density at radius 3 is 1.94 bits per heavy atom. The fourth-order valence-electron chi connectivity index (χ4n) is 3.00. The Kier molecular flexibility index (Phi) is 8.00. The van der Waals surface area contributed by atoms with Gasteiger partial charge >= 0.3 is 11.8 Å². The zero-order valence-corrected chi connectivity index (χ0v) is 18.4. The lowest BCUT2D eigenvalue weighted by Gasteiger charge is -2.12. The predicted octanol–water partition coefficient (Wildman–Crippen LogP) is 4.09. The first-order valence-corrected chi connectivity index (χ1v) is 10.6. The van der Waals surface area contributed by atoms with E-state index in [0.29, 0.717) is 11.6 Å². The summed E-state index contributed by atoms with van der Waals surface area (Å²) in [6.07, 6.45) is 0.951. The van der Waals surface area contributed by atoms with Crippen molar-refractivity contribution in [3.05, 3.63) is 100 Å². The van der Waals surface area contributed by atoms with Crippen LogP contribution in [0.1, 0.15) is 34.0 Å². The molecule has 3 rings (SSSR count). The minimum Gasteiger partial charge on any atom is -0.348 e. The summed E-state index contributed by atoms with van der Waals surface area (Å²) in [4.78, 5) is 37.2. The summed E-state index contributed by atoms with van der Waals surface area (Å²) in [6, 6.07) is 21.5. The summed E-state index contributed by atoms with van der Waals surface area (Å²) < 4.78 is 0. The highest BCUT2D eigenvalue weighted by atomic mass is 35.5. The zero-order valence-electron chi connectivity index (χ0n) is 17.7. The lowest BCUT2D eigenvalue weighted by molar-refractivity contribution is -0.136. The van der Waals surface area contributed by atoms with E-state index in [0.717, 1.165) is 17.5 Å². The summed E-state index contributed by atoms with van der Waals surface area (Å²) >= 11 is 5.84. The van der Waals surface area contributed by atoms with Crippen LogP contribution in [0.3, 0.4) is 0 Å². The number of anilines is 1. The van der Waals surface area contributed by atoms with Crippen molar-refractivity contribution in [3.8, 4) is 0 Å². The van der Waals surface area contributed by atoms with E-state index >= 15 is 0 Å². The van der Waals surface area contributed by atoms with Gasteiger partial charge in [-0.2, -0.15) is 0 Å². The Bertz CT molecular complexity index is 1100. The Morgan fingerprint density at radius 2 is 1.28 bits per heavy atom. The normalized spacial score (nSPS) is 10.3. The van der Waals surface area contributed by atoms with Crippen molar-refractivity contribution in [3.63, 3.8) is 0 Å². The van der Waals surface area contributed by atoms with Crippen molar-refractivity contribution < 1.29 is 14.4 Å². The molecule has 0 spiro atoms. The number of carbonyl (C=O) groups excluding carboxylic acids is 3. The molecule has 0 aliphatic carbocycles. The van der Waals surface area contributed by atoms with Crippen LogP contribution in [0.4, 0.5) is 5.69 Å². The van der Waals surface area contributed by atoms with E-state index in [4.69, 9.17) is 11.6 Å². The van der Waals surface area contributed by atoms with E-state index in [-0.39, 0.29) is 23.7 Å². The van der Waals surface area contributed by atoms with Gasteiger partial charge in [-0.15, -0.1) is 0 Å². The molecule has 0 aliphatic heterocycles. The number of hydrogen-bond acceptors (Lipinski definition) is 3. The highest BCUT2D eigenvalue weighted by Crippen LogP contribution is 2.15. The Balaban J connectivity index is 1.58. The van der Waals surface area contributed by atoms with E-state index in [9.17, 15) is 14.4 Å². The fraction of sp³-hybridized carbons (Fsp3) is 0.160. The van der Waals surface area contributed by atoms with Gasteiger partial charge in [0.2, 0.25) is 0 Å². The molecule has 32 heavy (non-hydrogen) atoms. The SMILES string of the molecule is CCc1ccc(CNC(=O)c2ccccc2NC(=O)C(=O)NCc2ccc(Cl)cc2)cc1. The number of hydrogen-bond donors (Lipinski definition) is 3. The third-order valence-electron chi connectivity index (χ3n) is 4.88. The number of nitrogens with one attached hydrogen (secondary N) is 3. The van der Waals surface area contributed by atoms with E-state index in [1.54, 1.807) is 48.5 Å². The van der Waals surface area contributed by atoms with Crippen LogP contribution in [0.25, 0.3) is 0 Å². The second kappa shape index (κ2) is 11.1. The molecule has 0 radical (unpaired) electrons. The van der Waals surface area contributed by atoms with Crippen LogP contribution in [0.2, 0.25) is 5.02 Å². The van der Waals surface area contributed by atoms with Gasteiger partial charge in [-0.25, -0.2) is 0 Å². The largest absolute Gasteiger partial charge is 0.348 e. The molecular formula is C25H24ClN3O3. The minimum absolute atomic E-state index is 0.183. The molecular weight excluding hydrogens is 426 g/mol. The van der Waals surface area contributed by atoms with Gasteiger partial charge in [0.05, 0.1) is 11.3 Å². The van der Waals surface area contributed by atoms with Crippen LogP contribution in [0.15, 0.2) is 72.8 Å². The highest BCUT2D eigenvalue weighted by Gasteiger charge is 2.17. The van der Waals surface area contributed by atoms with Crippen molar-refractivity contribution >= 4 is 35.0 Å². The van der Waals surface area contributed by atoms with Gasteiger partial charge in [0, 0.05) is 18.1 Å². The maximum absolute atomic E-state index is 12.7. The molecule has 0 saturated heterocycles. The lowest BCUT2D eigenvalue weighted by Crippen LogP contribution is -2.35. The maximum atomic E-state index is 12.7. The van der Waals surface area contributed by atoms with E-state index in [2.05, 4.69) is 22.9 Å². The highest BCUT2D eigenvalue weighted by molar-refractivity contribution is 6.40. The Morgan fingerprint density at radius 1 is 0.719 bits per heavy atom. The molecule has 0 aromatic heterocycles. The van der Waals surface area contributed by atoms with Crippen molar-refractivity contribution in [2.75, 3.05) is 5.32 Å². The van der Waals surface area contributed by atoms with Crippen molar-refractivity contribution in [2.24, 2.45) is 0 Å². The average Bonchev–Trinajstić information content (AvgIpc) is 2.82. The molecule has 6 nitrogen and oxygen atoms in total. The van der Waals surface area contributed by atoms with Crippen LogP contribution >= 0.6 is 11.6 Å². The fourth-order valence-corrected chi connectivity index (χ4v) is 3.13. The van der Waals surface area contributed by atoms with Crippen LogP contribution < -0.4 is 16.0 Å². The van der Waals surface area contributed by atoms with E-state index in [1.165, 1.54) is 5.56 Å². The number of rotatable bonds is 7. The molecule has 3 aromatic carbocycles. The summed E-state index contributed by atoms with van der Waals surface area (Å²) in [5, 5.41) is 8.50. The van der Waals surface area contributed by atoms with Crippen molar-refractivity contribution in [1.82, 2.24) is 10.6 Å². The minimum atomic E-state index is -0.852. The molecule has 0 saturated carbocycles. The Labute approximate surface area is 192 Å². The standard InChI is InChI=1S/C25H24ClN3O3/c1-2-17-7-9-18(10-8-17)15-27-23(30)21-5-3-4-6-22(21)29-25(32)24(31)28-16-19-11-13-20(26)14-12-19/h3-14H,2,15-16H2,1H3,(H,27,30)(H,28,31)(H,29,32). The molecule has 0 heterocycles. The first-order valence-electron chi connectivity index (χ1n) is 10.2. The number of aryl methyl sites for hydroxylation is 1. The van der Waals surface area contributed by atoms with Gasteiger partial charge in [-0.05, 0) is 47.4 Å². The number of amides is 3. The summed E-state index contributed by atoms with van der Waals surface area (Å²) in [7, 11) is 0. The second-order valence-electron chi connectivity index (χ2n) is 7.16. The summed E-state index contributed by atoms with van der Waals surface area (Å²) in [5.41, 5.74) is 3.54. The lowest BCUT2D eigenvalue weighted by atomic mass is 10.1. The van der Waals surface area contributed by atoms with Crippen LogP contribution in [-0.2, 0) is 29.1 Å². The first kappa shape index (κ1) is 23.0. The first-order chi connectivity index (χ1) is 15.5. The molecule has 0 fully saturated rings. The number of benzene rings is 3. The van der Waals surface area contributed by atoms with Gasteiger partial charge < -0.3 is 16.0 Å². The van der Waals surface area contributed by atoms with Crippen LogP contribution in [0.5, 0.6) is 0 Å². The van der Waals surface area contributed by atoms with E-state index in [1.807, 2.05) is 24.3 Å². The van der Waals surface area contributed by atoms with Crippen molar-refractivity contribution in [2.45, 2.75) is 26.4 Å². The topological polar surface area (TPSA) is 87.3 Å². The van der Waals surface area contributed by atoms with Gasteiger partial charge in [0.1, 0.15) is 0 Å². The van der Waals surface area contributed by atoms with Gasteiger partial charge in [0.25, 0.3) is 5.91 Å². The van der Waals surface area contributed by atoms with Gasteiger partial charge in [0.15, 0.2) is 0 Å². The third kappa shape index (κ3) is 6.43. The van der Waals surface area contributed by atoms with Crippen LogP contribution in [0, 0.1) is 0 Å². The molecule has 3 N–H and O–H groups in total. The molecule has 0 unspecified atom stereocenters. The monoisotopic (exact) mass is 449 g/mol. The second-order valence-corrected chi connectivity index (χ2v) is 7.60. The smallest absolute Gasteiger partial charge is 0.313 e. The van der Waals surface area contributed by atoms with Crippen molar-refractivity contribution in [1.29, 1.82) is 0 Å². The van der Waals surface area contributed by atoms with E-state index < -0.39 is 11.8 Å². The summed E-state index contributed by atoms with van der Waals surface area (Å²) in [6.45, 7) is 2.62. The average molecular weight is 450 g/mol. The maximum Gasteiger partial charge on any atom is 0.313 e. The third-order valence-corrected chi connectivity index (χ3v) is 5.13. The molecule has 3 aromatic rings. The predicted molar refractivity (Wildman–Crippen MR) is 125 cm³/mol. The number of halogens is 1. The Hall–Kier alpha value is -3.64. The molecule has 0 aliphatic rings. The molecule has 3 amide bonds. The quantitative estimate of drug-likeness (QED) is 0.475. The van der Waals surface area contributed by atoms with Gasteiger partial charge in [-0.1, -0.05) is 67.1 Å². The van der Waals surface area contributed by atoms with Gasteiger partial charge in [-0.3, -0.25) is 14.4 Å². The summed E-state index contributed by atoms with van der Waals surface area (Å²) in [5.74, 6) is -2.00. The molecule has 0 bridgehead atoms. The molecule has 164 valence electrons. The number of carbonyl (C=O) groups is 3.